The van der Waals surface area contributed by atoms with Gasteiger partial charge in [0.2, 0.25) is 5.91 Å². The number of aliphatic hydroxyl groups excluding tert-OH is 8. The SMILES string of the molecule is CC/C=C\C/C=C\C/C=C\C/C=C\CCCCCCCCCCCCCCCCC(=O)NC(COC1OC(CO)C(OC2OC(CO)C(O)C(O)C2O)C(O)C1O)C(O)/C=C/CC/C=C/CC/C=C/CCCCCCCCCCCCCCCCCCCC. The first kappa shape index (κ1) is 82.3. The van der Waals surface area contributed by atoms with Crippen LogP contribution in [-0.2, 0) is 23.7 Å². The number of unbranched alkanes of at least 4 members (excludes halogenated alkanes) is 34. The fourth-order valence-electron chi connectivity index (χ4n) is 11.6. The van der Waals surface area contributed by atoms with E-state index >= 15 is 0 Å². The van der Waals surface area contributed by atoms with Crippen molar-refractivity contribution in [2.75, 3.05) is 19.8 Å². The molecule has 12 atom stereocenters. The molecule has 0 aromatic carbocycles. The Kier molecular flexibility index (Phi) is 54.5. The van der Waals surface area contributed by atoms with Crippen LogP contribution in [0.4, 0.5) is 0 Å². The molecule has 2 saturated heterocycles. The lowest BCUT2D eigenvalue weighted by atomic mass is 9.97. The Morgan fingerprint density at radius 1 is 0.416 bits per heavy atom. The predicted molar refractivity (Wildman–Crippen MR) is 364 cm³/mol. The van der Waals surface area contributed by atoms with E-state index in [4.69, 9.17) is 18.9 Å². The smallest absolute Gasteiger partial charge is 0.220 e. The van der Waals surface area contributed by atoms with Crippen LogP contribution < -0.4 is 5.32 Å². The molecule has 0 aromatic rings. The highest BCUT2D eigenvalue weighted by molar-refractivity contribution is 5.76. The fourth-order valence-corrected chi connectivity index (χ4v) is 11.6. The zero-order chi connectivity index (χ0) is 64.5. The fraction of sp³-hybridized carbons (Fsp3) is 0.800. The minimum Gasteiger partial charge on any atom is -0.394 e. The van der Waals surface area contributed by atoms with Gasteiger partial charge in [-0.3, -0.25) is 4.79 Å². The molecule has 89 heavy (non-hydrogen) atoms. The van der Waals surface area contributed by atoms with Gasteiger partial charge in [-0.1, -0.05) is 285 Å². The van der Waals surface area contributed by atoms with Crippen LogP contribution in [0, 0.1) is 0 Å². The molecule has 0 spiro atoms. The number of aliphatic hydroxyl groups is 8. The number of hydrogen-bond donors (Lipinski definition) is 9. The van der Waals surface area contributed by atoms with E-state index in [1.807, 2.05) is 6.08 Å². The quantitative estimate of drug-likeness (QED) is 0.0204. The summed E-state index contributed by atoms with van der Waals surface area (Å²) in [5.74, 6) is -0.254. The van der Waals surface area contributed by atoms with Crippen LogP contribution in [0.2, 0.25) is 0 Å². The topological polar surface area (TPSA) is 228 Å². The summed E-state index contributed by atoms with van der Waals surface area (Å²) in [6.07, 6.45) is 65.0. The van der Waals surface area contributed by atoms with Gasteiger partial charge >= 0.3 is 0 Å². The molecule has 2 rings (SSSR count). The Labute approximate surface area is 541 Å². The maximum atomic E-state index is 13.3. The molecule has 2 aliphatic heterocycles. The van der Waals surface area contributed by atoms with E-state index in [9.17, 15) is 45.6 Å². The van der Waals surface area contributed by atoms with Gasteiger partial charge in [-0.2, -0.15) is 0 Å². The number of carbonyl (C=O) groups is 1. The van der Waals surface area contributed by atoms with Gasteiger partial charge in [0.1, 0.15) is 48.8 Å². The number of amides is 1. The van der Waals surface area contributed by atoms with Gasteiger partial charge < -0.3 is 65.1 Å². The van der Waals surface area contributed by atoms with Crippen LogP contribution >= 0.6 is 0 Å². The third-order valence-electron chi connectivity index (χ3n) is 17.3. The highest BCUT2D eigenvalue weighted by Gasteiger charge is 2.51. The largest absolute Gasteiger partial charge is 0.394 e. The van der Waals surface area contributed by atoms with Crippen molar-refractivity contribution < 1.29 is 64.6 Å². The summed E-state index contributed by atoms with van der Waals surface area (Å²) in [7, 11) is 0. The van der Waals surface area contributed by atoms with E-state index in [0.29, 0.717) is 12.8 Å². The van der Waals surface area contributed by atoms with Gasteiger partial charge in [-0.25, -0.2) is 0 Å². The Hall–Kier alpha value is -2.83. The molecule has 12 unspecified atom stereocenters. The van der Waals surface area contributed by atoms with Gasteiger partial charge in [-0.15, -0.1) is 0 Å². The molecule has 0 aliphatic carbocycles. The minimum atomic E-state index is -1.80. The number of carbonyl (C=O) groups excluding carboxylic acids is 1. The summed E-state index contributed by atoms with van der Waals surface area (Å²) in [4.78, 5) is 13.3. The van der Waals surface area contributed by atoms with Crippen molar-refractivity contribution in [3.8, 4) is 0 Å². The van der Waals surface area contributed by atoms with E-state index in [2.05, 4.69) is 92.1 Å². The van der Waals surface area contributed by atoms with E-state index < -0.39 is 86.8 Å². The number of rotatable bonds is 59. The van der Waals surface area contributed by atoms with Crippen molar-refractivity contribution >= 4 is 5.91 Å². The third kappa shape index (κ3) is 42.9. The molecule has 2 heterocycles. The maximum absolute atomic E-state index is 13.3. The Morgan fingerprint density at radius 3 is 1.24 bits per heavy atom. The van der Waals surface area contributed by atoms with Crippen LogP contribution in [0.3, 0.4) is 0 Å². The first-order valence-electron chi connectivity index (χ1n) is 36.3. The Bertz CT molecular complexity index is 1820. The monoisotopic (exact) mass is 1260 g/mol. The molecule has 1 amide bonds. The second-order valence-electron chi connectivity index (χ2n) is 25.3. The second kappa shape index (κ2) is 59.0. The summed E-state index contributed by atoms with van der Waals surface area (Å²) < 4.78 is 22.8. The van der Waals surface area contributed by atoms with E-state index in [0.717, 1.165) is 70.6 Å². The normalized spacial score (nSPS) is 23.5. The van der Waals surface area contributed by atoms with Crippen LogP contribution in [0.1, 0.15) is 290 Å². The van der Waals surface area contributed by atoms with Crippen molar-refractivity contribution in [1.29, 1.82) is 0 Å². The molecule has 0 aromatic heterocycles. The van der Waals surface area contributed by atoms with Gasteiger partial charge in [0.15, 0.2) is 12.6 Å². The molecule has 0 saturated carbocycles. The summed E-state index contributed by atoms with van der Waals surface area (Å²) in [6, 6.07) is -0.944. The first-order chi connectivity index (χ1) is 43.6. The lowest BCUT2D eigenvalue weighted by Crippen LogP contribution is -2.65. The lowest BCUT2D eigenvalue weighted by molar-refractivity contribution is -0.359. The number of hydrogen-bond acceptors (Lipinski definition) is 13. The molecular weight excluding hydrogens is 1120 g/mol. The lowest BCUT2D eigenvalue weighted by Gasteiger charge is -2.46. The minimum absolute atomic E-state index is 0.254. The van der Waals surface area contributed by atoms with Gasteiger partial charge in [-0.05, 0) is 83.5 Å². The summed E-state index contributed by atoms with van der Waals surface area (Å²) >= 11 is 0. The van der Waals surface area contributed by atoms with Crippen molar-refractivity contribution in [2.45, 2.75) is 364 Å². The second-order valence-corrected chi connectivity index (χ2v) is 25.3. The van der Waals surface area contributed by atoms with Crippen LogP contribution in [0.5, 0.6) is 0 Å². The Balaban J connectivity index is 1.69. The van der Waals surface area contributed by atoms with E-state index in [1.165, 1.54) is 186 Å². The van der Waals surface area contributed by atoms with Crippen molar-refractivity contribution in [3.63, 3.8) is 0 Å². The van der Waals surface area contributed by atoms with Crippen LogP contribution in [0.15, 0.2) is 85.1 Å². The summed E-state index contributed by atoms with van der Waals surface area (Å²) in [5.41, 5.74) is 0. The average Bonchev–Trinajstić information content (AvgIpc) is 2.75. The summed E-state index contributed by atoms with van der Waals surface area (Å²) in [5, 5.41) is 87.5. The van der Waals surface area contributed by atoms with Crippen molar-refractivity contribution in [2.24, 2.45) is 0 Å². The van der Waals surface area contributed by atoms with E-state index in [1.54, 1.807) is 6.08 Å². The predicted octanol–water partition coefficient (Wildman–Crippen LogP) is 15.2. The molecule has 516 valence electrons. The van der Waals surface area contributed by atoms with Crippen LogP contribution in [0.25, 0.3) is 0 Å². The number of nitrogens with one attached hydrogen (secondary N) is 1. The molecule has 14 heteroatoms. The maximum Gasteiger partial charge on any atom is 0.220 e. The Morgan fingerprint density at radius 2 is 0.787 bits per heavy atom. The van der Waals surface area contributed by atoms with Gasteiger partial charge in [0, 0.05) is 6.42 Å². The molecule has 2 fully saturated rings. The van der Waals surface area contributed by atoms with E-state index in [-0.39, 0.29) is 18.9 Å². The molecule has 14 nitrogen and oxygen atoms in total. The van der Waals surface area contributed by atoms with Gasteiger partial charge in [0.25, 0.3) is 0 Å². The standard InChI is InChI=1S/C75H133NO13/c1-3-5-7-9-11-13-15-17-19-21-23-25-27-29-31-33-34-36-38-40-42-44-46-48-50-52-54-56-58-64(79)63(62-86-74-72(85)70(83)73(66(61-78)88-74)89-75-71(84)69(82)68(81)65(60-77)87-75)76-67(80)59-57-55-53-51-49-47-45-43-41-39-37-35-32-30-28-26-24-22-20-18-16-14-12-10-8-6-4-2/h6,8,12,14,18,20,24,26,40,42,48,50,56,58,63-66,68-75,77-79,81-85H,3-5,7,9-11,13,15-17,19,21-23,25,27-39,41,43-47,49,51-55,57,59-62H2,1-2H3,(H,76,80)/b8-6-,14-12-,20-18-,26-24-,42-40+,50-48+,58-56+. The zero-order valence-electron chi connectivity index (χ0n) is 56.2. The van der Waals surface area contributed by atoms with Crippen LogP contribution in [-0.4, -0.2) is 140 Å². The van der Waals surface area contributed by atoms with Crippen molar-refractivity contribution in [3.05, 3.63) is 85.1 Å². The third-order valence-corrected chi connectivity index (χ3v) is 17.3. The molecule has 2 aliphatic rings. The highest BCUT2D eigenvalue weighted by Crippen LogP contribution is 2.30. The average molecular weight is 1260 g/mol. The first-order valence-corrected chi connectivity index (χ1v) is 36.3. The molecule has 0 bridgehead atoms. The molecular formula is C75H133NO13. The molecule has 9 N–H and O–H groups in total. The number of allylic oxidation sites excluding steroid dienone is 13. The summed E-state index contributed by atoms with van der Waals surface area (Å²) in [6.45, 7) is 2.69. The zero-order valence-corrected chi connectivity index (χ0v) is 56.2. The van der Waals surface area contributed by atoms with Crippen molar-refractivity contribution in [1.82, 2.24) is 5.32 Å². The van der Waals surface area contributed by atoms with Gasteiger partial charge in [0.05, 0.1) is 32.0 Å². The molecule has 0 radical (unpaired) electrons. The number of ether oxygens (including phenoxy) is 4. The highest BCUT2D eigenvalue weighted by atomic mass is 16.7.